The maximum Gasteiger partial charge on any atom is 0.335 e. The molecule has 0 aliphatic rings. The van der Waals surface area contributed by atoms with Gasteiger partial charge in [-0.05, 0) is 35.9 Å². The summed E-state index contributed by atoms with van der Waals surface area (Å²) in [5.41, 5.74) is 3.12. The molecule has 0 atom stereocenters. The highest BCUT2D eigenvalue weighted by atomic mass is 16.5. The van der Waals surface area contributed by atoms with E-state index in [2.05, 4.69) is 4.98 Å². The molecule has 0 aliphatic heterocycles. The van der Waals surface area contributed by atoms with Crippen LogP contribution in [0.3, 0.4) is 0 Å². The normalized spacial score (nSPS) is 10.9. The number of aromatic carboxylic acids is 1. The van der Waals surface area contributed by atoms with Crippen LogP contribution in [0.25, 0.3) is 22.6 Å². The summed E-state index contributed by atoms with van der Waals surface area (Å²) >= 11 is 0. The summed E-state index contributed by atoms with van der Waals surface area (Å²) < 4.78 is 10.8. The lowest BCUT2D eigenvalue weighted by atomic mass is 10.1. The molecule has 106 valence electrons. The Morgan fingerprint density at radius 1 is 1.29 bits per heavy atom. The third-order valence-corrected chi connectivity index (χ3v) is 3.12. The van der Waals surface area contributed by atoms with Gasteiger partial charge in [-0.2, -0.15) is 0 Å². The first kappa shape index (κ1) is 13.3. The second kappa shape index (κ2) is 5.38. The molecule has 0 amide bonds. The molecular weight excluding hydrogens is 270 g/mol. The Labute approximate surface area is 120 Å². The van der Waals surface area contributed by atoms with Gasteiger partial charge < -0.3 is 14.3 Å². The fraction of sp³-hybridized carbons (Fsp3) is 0.125. The first-order valence-corrected chi connectivity index (χ1v) is 6.39. The number of benzene rings is 2. The Morgan fingerprint density at radius 2 is 2.14 bits per heavy atom. The highest BCUT2D eigenvalue weighted by Gasteiger charge is 2.11. The number of ether oxygens (including phenoxy) is 1. The number of methoxy groups -OCH3 is 1. The summed E-state index contributed by atoms with van der Waals surface area (Å²) in [6.45, 7) is 0.511. The third kappa shape index (κ3) is 2.64. The molecule has 3 aromatic rings. The van der Waals surface area contributed by atoms with Crippen molar-refractivity contribution in [2.45, 2.75) is 6.61 Å². The van der Waals surface area contributed by atoms with Gasteiger partial charge in [-0.3, -0.25) is 0 Å². The number of oxazole rings is 1. The SMILES string of the molecule is COCc1cccc(-c2nc3ccc(C(=O)O)cc3o2)c1. The van der Waals surface area contributed by atoms with E-state index in [-0.39, 0.29) is 5.56 Å². The van der Waals surface area contributed by atoms with E-state index in [9.17, 15) is 4.79 Å². The molecular formula is C16H13NO4. The average molecular weight is 283 g/mol. The van der Waals surface area contributed by atoms with E-state index in [1.807, 2.05) is 24.3 Å². The van der Waals surface area contributed by atoms with Crippen LogP contribution in [0, 0.1) is 0 Å². The van der Waals surface area contributed by atoms with Crippen molar-refractivity contribution in [2.75, 3.05) is 7.11 Å². The van der Waals surface area contributed by atoms with Gasteiger partial charge in [-0.25, -0.2) is 9.78 Å². The van der Waals surface area contributed by atoms with Gasteiger partial charge in [-0.15, -0.1) is 0 Å². The van der Waals surface area contributed by atoms with Crippen LogP contribution in [0.5, 0.6) is 0 Å². The molecule has 1 heterocycles. The van der Waals surface area contributed by atoms with E-state index in [1.54, 1.807) is 13.2 Å². The van der Waals surface area contributed by atoms with Crippen molar-refractivity contribution in [3.05, 3.63) is 53.6 Å². The Kier molecular flexibility index (Phi) is 3.41. The molecule has 2 aromatic carbocycles. The van der Waals surface area contributed by atoms with Gasteiger partial charge in [0.15, 0.2) is 5.58 Å². The van der Waals surface area contributed by atoms with E-state index in [1.165, 1.54) is 12.1 Å². The van der Waals surface area contributed by atoms with Crippen molar-refractivity contribution in [1.29, 1.82) is 0 Å². The molecule has 0 bridgehead atoms. The second-order valence-corrected chi connectivity index (χ2v) is 4.64. The summed E-state index contributed by atoms with van der Waals surface area (Å²) in [6, 6.07) is 12.3. The molecule has 0 radical (unpaired) electrons. The maximum absolute atomic E-state index is 11.0. The van der Waals surface area contributed by atoms with Crippen molar-refractivity contribution in [1.82, 2.24) is 4.98 Å². The standard InChI is InChI=1S/C16H13NO4/c1-20-9-10-3-2-4-11(7-10)15-17-13-6-5-12(16(18)19)8-14(13)21-15/h2-8H,9H2,1H3,(H,18,19). The lowest BCUT2D eigenvalue weighted by Gasteiger charge is -2.01. The molecule has 5 nitrogen and oxygen atoms in total. The number of nitrogens with zero attached hydrogens (tertiary/aromatic N) is 1. The van der Waals surface area contributed by atoms with E-state index in [0.717, 1.165) is 11.1 Å². The van der Waals surface area contributed by atoms with Gasteiger partial charge in [0.2, 0.25) is 5.89 Å². The number of aromatic nitrogens is 1. The van der Waals surface area contributed by atoms with Gasteiger partial charge in [0.1, 0.15) is 5.52 Å². The van der Waals surface area contributed by atoms with Gasteiger partial charge in [0.05, 0.1) is 12.2 Å². The summed E-state index contributed by atoms with van der Waals surface area (Å²) in [6.07, 6.45) is 0. The highest BCUT2D eigenvalue weighted by molar-refractivity contribution is 5.92. The van der Waals surface area contributed by atoms with Crippen LogP contribution in [-0.4, -0.2) is 23.2 Å². The minimum absolute atomic E-state index is 0.179. The summed E-state index contributed by atoms with van der Waals surface area (Å²) in [5.74, 6) is -0.526. The Morgan fingerprint density at radius 3 is 2.90 bits per heavy atom. The van der Waals surface area contributed by atoms with Gasteiger partial charge >= 0.3 is 5.97 Å². The Hall–Kier alpha value is -2.66. The lowest BCUT2D eigenvalue weighted by molar-refractivity contribution is 0.0697. The number of carbonyl (C=O) groups is 1. The third-order valence-electron chi connectivity index (χ3n) is 3.12. The van der Waals surface area contributed by atoms with Crippen molar-refractivity contribution in [3.63, 3.8) is 0 Å². The van der Waals surface area contributed by atoms with Crippen molar-refractivity contribution in [3.8, 4) is 11.5 Å². The molecule has 0 saturated heterocycles. The van der Waals surface area contributed by atoms with E-state index in [4.69, 9.17) is 14.3 Å². The molecule has 0 unspecified atom stereocenters. The summed E-state index contributed by atoms with van der Waals surface area (Å²) in [4.78, 5) is 15.3. The number of carboxylic acid groups (broad SMARTS) is 1. The van der Waals surface area contributed by atoms with Crippen LogP contribution < -0.4 is 0 Å². The topological polar surface area (TPSA) is 72.6 Å². The molecule has 1 aromatic heterocycles. The second-order valence-electron chi connectivity index (χ2n) is 4.64. The zero-order valence-electron chi connectivity index (χ0n) is 11.4. The minimum atomic E-state index is -0.989. The lowest BCUT2D eigenvalue weighted by Crippen LogP contribution is -1.94. The average Bonchev–Trinajstić information content (AvgIpc) is 2.91. The van der Waals surface area contributed by atoms with Crippen LogP contribution in [0.1, 0.15) is 15.9 Å². The number of carboxylic acids is 1. The fourth-order valence-corrected chi connectivity index (χ4v) is 2.14. The van der Waals surface area contributed by atoms with E-state index in [0.29, 0.717) is 23.6 Å². The number of fused-ring (bicyclic) bond motifs is 1. The number of hydrogen-bond acceptors (Lipinski definition) is 4. The number of rotatable bonds is 4. The maximum atomic E-state index is 11.0. The predicted molar refractivity (Wildman–Crippen MR) is 77.1 cm³/mol. The van der Waals surface area contributed by atoms with E-state index < -0.39 is 5.97 Å². The van der Waals surface area contributed by atoms with Gasteiger partial charge in [-0.1, -0.05) is 12.1 Å². The van der Waals surface area contributed by atoms with Gasteiger partial charge in [0.25, 0.3) is 0 Å². The first-order chi connectivity index (χ1) is 10.2. The largest absolute Gasteiger partial charge is 0.478 e. The quantitative estimate of drug-likeness (QED) is 0.795. The van der Waals surface area contributed by atoms with Crippen molar-refractivity contribution < 1.29 is 19.1 Å². The minimum Gasteiger partial charge on any atom is -0.478 e. The van der Waals surface area contributed by atoms with Crippen LogP contribution in [0.4, 0.5) is 0 Å². The van der Waals surface area contributed by atoms with Gasteiger partial charge in [0, 0.05) is 12.7 Å². The van der Waals surface area contributed by atoms with Crippen molar-refractivity contribution >= 4 is 17.1 Å². The summed E-state index contributed by atoms with van der Waals surface area (Å²) in [7, 11) is 1.64. The van der Waals surface area contributed by atoms with Crippen LogP contribution in [0.15, 0.2) is 46.9 Å². The molecule has 3 rings (SSSR count). The molecule has 0 saturated carbocycles. The molecule has 0 fully saturated rings. The molecule has 0 spiro atoms. The zero-order chi connectivity index (χ0) is 14.8. The molecule has 0 aliphatic carbocycles. The monoisotopic (exact) mass is 283 g/mol. The van der Waals surface area contributed by atoms with Crippen LogP contribution in [0.2, 0.25) is 0 Å². The predicted octanol–water partition coefficient (Wildman–Crippen LogP) is 3.34. The molecule has 21 heavy (non-hydrogen) atoms. The Balaban J connectivity index is 2.04. The fourth-order valence-electron chi connectivity index (χ4n) is 2.14. The first-order valence-electron chi connectivity index (χ1n) is 6.39. The summed E-state index contributed by atoms with van der Waals surface area (Å²) in [5, 5.41) is 8.99. The zero-order valence-corrected chi connectivity index (χ0v) is 11.4. The Bertz CT molecular complexity index is 807. The molecule has 5 heteroatoms. The molecule has 1 N–H and O–H groups in total. The van der Waals surface area contributed by atoms with Crippen LogP contribution in [-0.2, 0) is 11.3 Å². The van der Waals surface area contributed by atoms with Crippen molar-refractivity contribution in [2.24, 2.45) is 0 Å². The van der Waals surface area contributed by atoms with Crippen LogP contribution >= 0.6 is 0 Å². The highest BCUT2D eigenvalue weighted by Crippen LogP contribution is 2.25. The smallest absolute Gasteiger partial charge is 0.335 e. The number of hydrogen-bond donors (Lipinski definition) is 1. The van der Waals surface area contributed by atoms with E-state index >= 15 is 0 Å².